The van der Waals surface area contributed by atoms with Gasteiger partial charge in [-0.25, -0.2) is 0 Å². The summed E-state index contributed by atoms with van der Waals surface area (Å²) in [5.74, 6) is 0. The van der Waals surface area contributed by atoms with Gasteiger partial charge in [0.25, 0.3) is 0 Å². The summed E-state index contributed by atoms with van der Waals surface area (Å²) in [6, 6.07) is 8.94. The summed E-state index contributed by atoms with van der Waals surface area (Å²) >= 11 is 1.61. The molecule has 83 valence electrons. The van der Waals surface area contributed by atoms with E-state index >= 15 is 0 Å². The van der Waals surface area contributed by atoms with Crippen LogP contribution in [0, 0.1) is 0 Å². The van der Waals surface area contributed by atoms with E-state index in [-0.39, 0.29) is 0 Å². The summed E-state index contributed by atoms with van der Waals surface area (Å²) in [5.41, 5.74) is 7.79. The summed E-state index contributed by atoms with van der Waals surface area (Å²) in [4.78, 5) is 0. The second-order valence-corrected chi connectivity index (χ2v) is 6.01. The molecule has 0 aliphatic heterocycles. The van der Waals surface area contributed by atoms with Crippen LogP contribution in [0.5, 0.6) is 0 Å². The van der Waals surface area contributed by atoms with Gasteiger partial charge in [0.2, 0.25) is 0 Å². The van der Waals surface area contributed by atoms with Gasteiger partial charge in [0.1, 0.15) is 0 Å². The van der Waals surface area contributed by atoms with Crippen LogP contribution < -0.4 is 0 Å². The molecule has 3 rings (SSSR count). The van der Waals surface area contributed by atoms with Gasteiger partial charge in [0.05, 0.1) is 0 Å². The average Bonchev–Trinajstić information content (AvgIpc) is 2.96. The van der Waals surface area contributed by atoms with Gasteiger partial charge < -0.3 is 0 Å². The molecule has 0 heterocycles. The van der Waals surface area contributed by atoms with E-state index in [0.717, 1.165) is 12.8 Å². The molecule has 1 aromatic rings. The molecule has 1 heteroatoms. The summed E-state index contributed by atoms with van der Waals surface area (Å²) in [6.07, 6.45) is 9.03. The van der Waals surface area contributed by atoms with Gasteiger partial charge in [-0.2, -0.15) is 0 Å². The van der Waals surface area contributed by atoms with Crippen molar-refractivity contribution in [1.29, 1.82) is 0 Å². The molecule has 0 saturated carbocycles. The van der Waals surface area contributed by atoms with Gasteiger partial charge in [-0.1, -0.05) is 0 Å². The first kappa shape index (κ1) is 11.4. The Bertz CT molecular complexity index is 546. The molecule has 1 atom stereocenters. The molecule has 0 radical (unpaired) electrons. The first-order valence-electron chi connectivity index (χ1n) is 6.22. The summed E-state index contributed by atoms with van der Waals surface area (Å²) in [7, 11) is 0. The van der Waals surface area contributed by atoms with Crippen LogP contribution in [0.2, 0.25) is 0 Å². The summed E-state index contributed by atoms with van der Waals surface area (Å²) in [5, 5.41) is 0. The monoisotopic (exact) mass is 297 g/mol. The van der Waals surface area contributed by atoms with Crippen LogP contribution in [0.25, 0.3) is 5.57 Å². The molecular weight excluding hydrogens is 283 g/mol. The molecule has 1 unspecified atom stereocenters. The topological polar surface area (TPSA) is 0 Å². The van der Waals surface area contributed by atoms with Crippen molar-refractivity contribution in [2.45, 2.75) is 23.4 Å². The van der Waals surface area contributed by atoms with E-state index in [1.54, 1.807) is 47.0 Å². The normalized spacial score (nSPS) is 21.9. The van der Waals surface area contributed by atoms with Crippen molar-refractivity contribution < 1.29 is 24.7 Å². The molecule has 0 nitrogen and oxygen atoms in total. The number of allylic oxidation sites excluding steroid dienone is 6. The molecule has 0 saturated heterocycles. The van der Waals surface area contributed by atoms with Crippen molar-refractivity contribution >= 4 is 5.57 Å². The number of fused-ring (bicyclic) bond motifs is 1. The molecule has 0 N–H and O–H groups in total. The third-order valence-corrected chi connectivity index (χ3v) is 5.16. The van der Waals surface area contributed by atoms with Crippen LogP contribution in [-0.2, 0) is 24.7 Å². The predicted molar refractivity (Wildman–Crippen MR) is 68.2 cm³/mol. The third kappa shape index (κ3) is 1.76. The van der Waals surface area contributed by atoms with Crippen LogP contribution in [0.3, 0.4) is 0 Å². The van der Waals surface area contributed by atoms with E-state index < -0.39 is 0 Å². The van der Waals surface area contributed by atoms with Crippen LogP contribution in [-0.4, -0.2) is 0 Å². The van der Waals surface area contributed by atoms with Crippen molar-refractivity contribution in [3.63, 3.8) is 0 Å². The Kier molecular flexibility index (Phi) is 3.05. The van der Waals surface area contributed by atoms with Crippen LogP contribution in [0.1, 0.15) is 34.5 Å². The first-order valence-corrected chi connectivity index (χ1v) is 7.64. The van der Waals surface area contributed by atoms with Crippen molar-refractivity contribution in [2.75, 3.05) is 0 Å². The molecule has 1 aromatic carbocycles. The Morgan fingerprint density at radius 3 is 2.82 bits per heavy atom. The Morgan fingerprint density at radius 1 is 1.29 bits per heavy atom. The Labute approximate surface area is 118 Å². The number of benzene rings is 1. The number of hydrogen-bond acceptors (Lipinski definition) is 0. The summed E-state index contributed by atoms with van der Waals surface area (Å²) < 4.78 is 0.652. The van der Waals surface area contributed by atoms with Crippen molar-refractivity contribution in [3.05, 3.63) is 64.8 Å². The maximum atomic E-state index is 2.31. The maximum absolute atomic E-state index is 2.31. The zero-order chi connectivity index (χ0) is 11.8. The molecule has 2 aliphatic carbocycles. The third-order valence-electron chi connectivity index (χ3n) is 3.68. The predicted octanol–water partition coefficient (Wildman–Crippen LogP) is 4.34. The van der Waals surface area contributed by atoms with Gasteiger partial charge in [0, 0.05) is 0 Å². The van der Waals surface area contributed by atoms with E-state index in [9.17, 15) is 0 Å². The molecule has 2 aliphatic rings. The molecular formula is C16H15Zr. The second-order valence-electron chi connectivity index (χ2n) is 4.59. The van der Waals surface area contributed by atoms with Crippen LogP contribution in [0.15, 0.2) is 53.6 Å². The van der Waals surface area contributed by atoms with E-state index in [2.05, 4.69) is 49.4 Å². The summed E-state index contributed by atoms with van der Waals surface area (Å²) in [6.45, 7) is 2.28. The zero-order valence-electron chi connectivity index (χ0n) is 10.0. The zero-order valence-corrected chi connectivity index (χ0v) is 12.5. The van der Waals surface area contributed by atoms with Gasteiger partial charge in [-0.3, -0.25) is 0 Å². The Hall–Kier alpha value is -0.677. The standard InChI is InChI=1S/C16H15.Zr/c1-2-14-15-10-6-5-9-13(15)11-16(14)12-7-3-4-8-12;/h3-7,9-11H,2,8H2,1H3;. The fourth-order valence-electron chi connectivity index (χ4n) is 2.91. The van der Waals surface area contributed by atoms with Crippen LogP contribution >= 0.6 is 0 Å². The van der Waals surface area contributed by atoms with Crippen LogP contribution in [0.4, 0.5) is 0 Å². The van der Waals surface area contributed by atoms with E-state index in [1.165, 1.54) is 5.56 Å². The average molecular weight is 299 g/mol. The minimum atomic E-state index is 0.652. The molecule has 0 bridgehead atoms. The Balaban J connectivity index is 2.15. The van der Waals surface area contributed by atoms with E-state index in [0.29, 0.717) is 3.63 Å². The van der Waals surface area contributed by atoms with Gasteiger partial charge in [-0.15, -0.1) is 0 Å². The van der Waals surface area contributed by atoms with Gasteiger partial charge in [0.15, 0.2) is 0 Å². The fourth-order valence-corrected chi connectivity index (χ4v) is 4.41. The van der Waals surface area contributed by atoms with Crippen molar-refractivity contribution in [1.82, 2.24) is 0 Å². The quantitative estimate of drug-likeness (QED) is 0.762. The molecule has 0 aromatic heterocycles. The van der Waals surface area contributed by atoms with E-state index in [4.69, 9.17) is 0 Å². The molecule has 0 spiro atoms. The van der Waals surface area contributed by atoms with Crippen molar-refractivity contribution in [2.24, 2.45) is 0 Å². The van der Waals surface area contributed by atoms with E-state index in [1.807, 2.05) is 0 Å². The number of rotatable bonds is 2. The fraction of sp³-hybridized carbons (Fsp3) is 0.250. The second kappa shape index (κ2) is 4.54. The van der Waals surface area contributed by atoms with Gasteiger partial charge in [-0.05, 0) is 0 Å². The first-order chi connectivity index (χ1) is 8.33. The Morgan fingerprint density at radius 2 is 2.12 bits per heavy atom. The molecule has 0 fully saturated rings. The molecule has 17 heavy (non-hydrogen) atoms. The minimum absolute atomic E-state index is 0.652. The molecule has 0 amide bonds. The number of hydrogen-bond donors (Lipinski definition) is 0. The van der Waals surface area contributed by atoms with Gasteiger partial charge >= 0.3 is 118 Å². The van der Waals surface area contributed by atoms with Crippen molar-refractivity contribution in [3.8, 4) is 0 Å². The SMILES string of the molecule is CCC1=C(C2=CC=CC2)[CH]([Zr])c2ccccc21.